The predicted molar refractivity (Wildman–Crippen MR) is 101 cm³/mol. The van der Waals surface area contributed by atoms with Gasteiger partial charge in [-0.1, -0.05) is 62.4 Å². The molecule has 24 heavy (non-hydrogen) atoms. The van der Waals surface area contributed by atoms with Gasteiger partial charge in [0.1, 0.15) is 0 Å². The Balaban J connectivity index is 2.20. The van der Waals surface area contributed by atoms with Crippen LogP contribution in [0.4, 0.5) is 0 Å². The summed E-state index contributed by atoms with van der Waals surface area (Å²) in [5.41, 5.74) is 3.62. The molecule has 0 saturated carbocycles. The zero-order valence-corrected chi connectivity index (χ0v) is 14.6. The lowest BCUT2D eigenvalue weighted by atomic mass is 10.0. The summed E-state index contributed by atoms with van der Waals surface area (Å²) in [6.45, 7) is 4.98. The number of aromatic nitrogens is 1. The van der Waals surface area contributed by atoms with Crippen molar-refractivity contribution in [1.29, 1.82) is 0 Å². The summed E-state index contributed by atoms with van der Waals surface area (Å²) in [6.07, 6.45) is 1.71. The topological polar surface area (TPSA) is 37.2 Å². The molecule has 3 nitrogen and oxygen atoms in total. The molecule has 0 radical (unpaired) electrons. The number of hydrogen-bond donors (Lipinski definition) is 2. The third kappa shape index (κ3) is 3.10. The van der Waals surface area contributed by atoms with Crippen LogP contribution in [0.5, 0.6) is 0 Å². The summed E-state index contributed by atoms with van der Waals surface area (Å²) in [4.78, 5) is 0. The quantitative estimate of drug-likeness (QED) is 0.721. The highest BCUT2D eigenvalue weighted by molar-refractivity contribution is 5.84. The van der Waals surface area contributed by atoms with E-state index < -0.39 is 6.10 Å². The highest BCUT2D eigenvalue weighted by Crippen LogP contribution is 2.33. The fraction of sp³-hybridized carbons (Fsp3) is 0.333. The Kier molecular flexibility index (Phi) is 5.03. The van der Waals surface area contributed by atoms with Crippen LogP contribution < -0.4 is 5.32 Å². The van der Waals surface area contributed by atoms with Gasteiger partial charge in [-0.25, -0.2) is 0 Å². The number of hydrogen-bond acceptors (Lipinski definition) is 2. The lowest BCUT2D eigenvalue weighted by Gasteiger charge is -2.26. The first kappa shape index (κ1) is 16.7. The summed E-state index contributed by atoms with van der Waals surface area (Å²) in [5.74, 6) is 0.439. The molecule has 3 aromatic rings. The number of rotatable bonds is 6. The first-order chi connectivity index (χ1) is 11.6. The van der Waals surface area contributed by atoms with E-state index in [1.165, 1.54) is 16.5 Å². The highest BCUT2D eigenvalue weighted by atomic mass is 16.3. The average Bonchev–Trinajstić information content (AvgIpc) is 2.96. The monoisotopic (exact) mass is 322 g/mol. The number of nitrogens with zero attached hydrogens (tertiary/aromatic N) is 1. The molecule has 0 saturated heterocycles. The number of para-hydroxylation sites is 1. The van der Waals surface area contributed by atoms with Crippen LogP contribution in [-0.2, 0) is 0 Å². The molecule has 2 N–H and O–H groups in total. The maximum absolute atomic E-state index is 10.8. The van der Waals surface area contributed by atoms with E-state index in [0.29, 0.717) is 12.5 Å². The molecule has 3 heteroatoms. The molecule has 0 bridgehead atoms. The van der Waals surface area contributed by atoms with Crippen LogP contribution in [0.2, 0.25) is 0 Å². The average molecular weight is 322 g/mol. The Morgan fingerprint density at radius 3 is 2.33 bits per heavy atom. The lowest BCUT2D eigenvalue weighted by Crippen LogP contribution is -2.33. The molecule has 2 aromatic carbocycles. The van der Waals surface area contributed by atoms with Gasteiger partial charge < -0.3 is 15.0 Å². The van der Waals surface area contributed by atoms with Crippen LogP contribution in [0.15, 0.2) is 60.8 Å². The Bertz CT molecular complexity index is 792. The number of benzene rings is 2. The Morgan fingerprint density at radius 2 is 1.67 bits per heavy atom. The van der Waals surface area contributed by atoms with E-state index >= 15 is 0 Å². The van der Waals surface area contributed by atoms with Gasteiger partial charge in [0.05, 0.1) is 12.1 Å². The van der Waals surface area contributed by atoms with Crippen LogP contribution >= 0.6 is 0 Å². The normalized spacial score (nSPS) is 14.2. The second-order valence-electron chi connectivity index (χ2n) is 6.64. The van der Waals surface area contributed by atoms with Crippen LogP contribution in [0.1, 0.15) is 36.9 Å². The standard InChI is InChI=1S/C21H26N2O/c1-15(2)18-14-23(19-12-8-7-11-17(18)19)21(20(24)13-22-3)16-9-5-4-6-10-16/h4-12,14-15,20-22,24H,13H2,1-3H3. The fourth-order valence-electron chi connectivity index (χ4n) is 3.46. The van der Waals surface area contributed by atoms with Crippen LogP contribution in [0, 0.1) is 0 Å². The van der Waals surface area contributed by atoms with Gasteiger partial charge in [0.15, 0.2) is 0 Å². The predicted octanol–water partition coefficient (Wildman–Crippen LogP) is 3.93. The van der Waals surface area contributed by atoms with E-state index in [1.54, 1.807) is 0 Å². The van der Waals surface area contributed by atoms with Crippen molar-refractivity contribution in [3.63, 3.8) is 0 Å². The van der Waals surface area contributed by atoms with Gasteiger partial charge in [0.25, 0.3) is 0 Å². The minimum Gasteiger partial charge on any atom is -0.389 e. The fourth-order valence-corrected chi connectivity index (χ4v) is 3.46. The molecule has 2 atom stereocenters. The number of fused-ring (bicyclic) bond motifs is 1. The van der Waals surface area contributed by atoms with Crippen LogP contribution in [-0.4, -0.2) is 29.4 Å². The maximum Gasteiger partial charge on any atom is 0.0912 e. The maximum atomic E-state index is 10.8. The minimum atomic E-state index is -0.506. The van der Waals surface area contributed by atoms with Crippen LogP contribution in [0.3, 0.4) is 0 Å². The van der Waals surface area contributed by atoms with Gasteiger partial charge in [-0.3, -0.25) is 0 Å². The van der Waals surface area contributed by atoms with Crippen molar-refractivity contribution in [2.75, 3.05) is 13.6 Å². The van der Waals surface area contributed by atoms with Crippen molar-refractivity contribution in [1.82, 2.24) is 9.88 Å². The molecule has 1 aromatic heterocycles. The molecule has 1 heterocycles. The first-order valence-corrected chi connectivity index (χ1v) is 8.60. The van der Waals surface area contributed by atoms with Gasteiger partial charge in [0.2, 0.25) is 0 Å². The zero-order valence-electron chi connectivity index (χ0n) is 14.6. The van der Waals surface area contributed by atoms with Crippen molar-refractivity contribution < 1.29 is 5.11 Å². The lowest BCUT2D eigenvalue weighted by molar-refractivity contribution is 0.132. The smallest absolute Gasteiger partial charge is 0.0912 e. The Hall–Kier alpha value is -2.10. The second kappa shape index (κ2) is 7.20. The highest BCUT2D eigenvalue weighted by Gasteiger charge is 2.25. The second-order valence-corrected chi connectivity index (χ2v) is 6.64. The summed E-state index contributed by atoms with van der Waals surface area (Å²) in [5, 5.41) is 15.2. The van der Waals surface area contributed by atoms with Gasteiger partial charge in [-0.05, 0) is 30.2 Å². The van der Waals surface area contributed by atoms with E-state index in [2.05, 4.69) is 66.3 Å². The van der Waals surface area contributed by atoms with Gasteiger partial charge in [-0.2, -0.15) is 0 Å². The van der Waals surface area contributed by atoms with Crippen molar-refractivity contribution in [3.05, 3.63) is 71.9 Å². The van der Waals surface area contributed by atoms with Crippen LogP contribution in [0.25, 0.3) is 10.9 Å². The van der Waals surface area contributed by atoms with E-state index in [-0.39, 0.29) is 6.04 Å². The molecular weight excluding hydrogens is 296 g/mol. The summed E-state index contributed by atoms with van der Waals surface area (Å²) >= 11 is 0. The molecule has 0 amide bonds. The molecule has 0 aliphatic rings. The van der Waals surface area contributed by atoms with Crippen molar-refractivity contribution in [2.45, 2.75) is 31.9 Å². The Labute approximate surface area is 143 Å². The number of aliphatic hydroxyl groups excluding tert-OH is 1. The third-order valence-electron chi connectivity index (χ3n) is 4.61. The zero-order chi connectivity index (χ0) is 17.1. The van der Waals surface area contributed by atoms with Gasteiger partial charge in [0, 0.05) is 23.6 Å². The van der Waals surface area contributed by atoms with E-state index in [0.717, 1.165) is 5.56 Å². The number of nitrogens with one attached hydrogen (secondary N) is 1. The third-order valence-corrected chi connectivity index (χ3v) is 4.61. The molecular formula is C21H26N2O. The molecule has 3 rings (SSSR count). The molecule has 126 valence electrons. The Morgan fingerprint density at radius 1 is 1.00 bits per heavy atom. The van der Waals surface area contributed by atoms with E-state index in [4.69, 9.17) is 0 Å². The molecule has 0 aliphatic carbocycles. The molecule has 2 unspecified atom stereocenters. The van der Waals surface area contributed by atoms with E-state index in [1.807, 2.05) is 25.2 Å². The number of aliphatic hydroxyl groups is 1. The van der Waals surface area contributed by atoms with Crippen molar-refractivity contribution in [3.8, 4) is 0 Å². The summed E-state index contributed by atoms with van der Waals surface area (Å²) < 4.78 is 2.24. The SMILES string of the molecule is CNCC(O)C(c1ccccc1)n1cc(C(C)C)c2ccccc21. The summed E-state index contributed by atoms with van der Waals surface area (Å²) in [6, 6.07) is 18.6. The van der Waals surface area contributed by atoms with Crippen molar-refractivity contribution in [2.24, 2.45) is 0 Å². The summed E-state index contributed by atoms with van der Waals surface area (Å²) in [7, 11) is 1.87. The first-order valence-electron chi connectivity index (χ1n) is 8.60. The van der Waals surface area contributed by atoms with Crippen molar-refractivity contribution >= 4 is 10.9 Å². The number of likely N-dealkylation sites (N-methyl/N-ethyl adjacent to an activating group) is 1. The van der Waals surface area contributed by atoms with Gasteiger partial charge in [-0.15, -0.1) is 0 Å². The molecule has 0 spiro atoms. The molecule has 0 aliphatic heterocycles. The van der Waals surface area contributed by atoms with E-state index in [9.17, 15) is 5.11 Å². The largest absolute Gasteiger partial charge is 0.389 e. The van der Waals surface area contributed by atoms with Gasteiger partial charge >= 0.3 is 0 Å². The minimum absolute atomic E-state index is 0.115. The molecule has 0 fully saturated rings.